The Balaban J connectivity index is 0.00000289. The maximum absolute atomic E-state index is 13.4. The molecule has 0 unspecified atom stereocenters. The average molecular weight is 554 g/mol. The monoisotopic (exact) mass is 553 g/mol. The maximum atomic E-state index is 13.4. The van der Waals surface area contributed by atoms with Gasteiger partial charge in [-0.1, -0.05) is 29.5 Å². The third-order valence-corrected chi connectivity index (χ3v) is 8.09. The highest BCUT2D eigenvalue weighted by molar-refractivity contribution is 5.95. The molecule has 2 fully saturated rings. The second-order valence-electron chi connectivity index (χ2n) is 10.7. The quantitative estimate of drug-likeness (QED) is 0.287. The van der Waals surface area contributed by atoms with Crippen LogP contribution in [0.3, 0.4) is 0 Å². The van der Waals surface area contributed by atoms with Gasteiger partial charge in [0.05, 0.1) is 17.8 Å². The number of halogens is 1. The van der Waals surface area contributed by atoms with Crippen molar-refractivity contribution >= 4 is 40.4 Å². The standard InChI is InChI=1S/C31H31N7O.ClH/c39-31(37-18-4-6-26(37)21-36-16-1-2-17-36)24-10-8-23(9-11-24)28-13-14-29-30(33-28)38(35-34-29)20-22-7-12-27-25(19-22)5-3-15-32-27;/h3,5,7-15,19,26H,1-2,4,6,16-18,20-21H2;1H/t26-;/m0./s1. The van der Waals surface area contributed by atoms with E-state index in [0.717, 1.165) is 70.4 Å². The van der Waals surface area contributed by atoms with E-state index in [0.29, 0.717) is 12.6 Å². The second-order valence-corrected chi connectivity index (χ2v) is 10.7. The summed E-state index contributed by atoms with van der Waals surface area (Å²) in [6.07, 6.45) is 6.55. The highest BCUT2D eigenvalue weighted by atomic mass is 35.5. The first kappa shape index (κ1) is 26.3. The fourth-order valence-electron chi connectivity index (χ4n) is 6.02. The van der Waals surface area contributed by atoms with Crippen LogP contribution in [-0.4, -0.2) is 72.9 Å². The first-order valence-corrected chi connectivity index (χ1v) is 13.9. The maximum Gasteiger partial charge on any atom is 0.254 e. The van der Waals surface area contributed by atoms with Crippen LogP contribution in [0, 0.1) is 0 Å². The van der Waals surface area contributed by atoms with Crippen molar-refractivity contribution in [3.05, 3.63) is 84.1 Å². The van der Waals surface area contributed by atoms with Gasteiger partial charge >= 0.3 is 0 Å². The van der Waals surface area contributed by atoms with Crippen LogP contribution in [0.15, 0.2) is 72.9 Å². The highest BCUT2D eigenvalue weighted by Crippen LogP contribution is 2.25. The van der Waals surface area contributed by atoms with Crippen LogP contribution in [0.25, 0.3) is 33.3 Å². The van der Waals surface area contributed by atoms with E-state index in [-0.39, 0.29) is 18.3 Å². The Morgan fingerprint density at radius 1 is 0.900 bits per heavy atom. The summed E-state index contributed by atoms with van der Waals surface area (Å²) in [5, 5.41) is 9.78. The van der Waals surface area contributed by atoms with Gasteiger partial charge in [0, 0.05) is 41.8 Å². The van der Waals surface area contributed by atoms with Gasteiger partial charge in [-0.3, -0.25) is 9.78 Å². The number of nitrogens with zero attached hydrogens (tertiary/aromatic N) is 7. The second kappa shape index (κ2) is 11.3. The zero-order valence-corrected chi connectivity index (χ0v) is 23.1. The summed E-state index contributed by atoms with van der Waals surface area (Å²) in [5.74, 6) is 0.138. The van der Waals surface area contributed by atoms with Crippen molar-refractivity contribution in [2.75, 3.05) is 26.2 Å². The van der Waals surface area contributed by atoms with Crippen molar-refractivity contribution in [3.63, 3.8) is 0 Å². The van der Waals surface area contributed by atoms with E-state index in [2.05, 4.69) is 43.3 Å². The van der Waals surface area contributed by atoms with E-state index in [4.69, 9.17) is 4.98 Å². The number of carbonyl (C=O) groups is 1. The molecule has 40 heavy (non-hydrogen) atoms. The number of amides is 1. The largest absolute Gasteiger partial charge is 0.334 e. The molecule has 1 atom stereocenters. The van der Waals surface area contributed by atoms with Gasteiger partial charge in [-0.15, -0.1) is 17.5 Å². The van der Waals surface area contributed by atoms with E-state index in [1.54, 1.807) is 6.20 Å². The highest BCUT2D eigenvalue weighted by Gasteiger charge is 2.31. The van der Waals surface area contributed by atoms with Crippen LogP contribution >= 0.6 is 12.4 Å². The van der Waals surface area contributed by atoms with Crippen LogP contribution in [-0.2, 0) is 6.54 Å². The smallest absolute Gasteiger partial charge is 0.254 e. The van der Waals surface area contributed by atoms with Gasteiger partial charge in [0.15, 0.2) is 5.65 Å². The van der Waals surface area contributed by atoms with Crippen molar-refractivity contribution in [2.45, 2.75) is 38.3 Å². The van der Waals surface area contributed by atoms with Gasteiger partial charge in [-0.05, 0) is 86.8 Å². The molecule has 7 rings (SSSR count). The molecule has 2 saturated heterocycles. The number of hydrogen-bond acceptors (Lipinski definition) is 6. The molecule has 0 aliphatic carbocycles. The molecular formula is C31H32ClN7O. The van der Waals surface area contributed by atoms with Crippen LogP contribution in [0.5, 0.6) is 0 Å². The van der Waals surface area contributed by atoms with Crippen LogP contribution in [0.2, 0.25) is 0 Å². The molecule has 8 nitrogen and oxygen atoms in total. The number of fused-ring (bicyclic) bond motifs is 2. The predicted octanol–water partition coefficient (Wildman–Crippen LogP) is 5.21. The first-order valence-electron chi connectivity index (χ1n) is 13.9. The summed E-state index contributed by atoms with van der Waals surface area (Å²) in [6.45, 7) is 4.75. The zero-order valence-electron chi connectivity index (χ0n) is 22.3. The fourth-order valence-corrected chi connectivity index (χ4v) is 6.02. The zero-order chi connectivity index (χ0) is 26.2. The Hall–Kier alpha value is -3.88. The Kier molecular flexibility index (Phi) is 7.45. The van der Waals surface area contributed by atoms with Crippen molar-refractivity contribution in [1.82, 2.24) is 34.8 Å². The van der Waals surface area contributed by atoms with Crippen molar-refractivity contribution in [3.8, 4) is 11.3 Å². The lowest BCUT2D eigenvalue weighted by Crippen LogP contribution is -2.42. The molecule has 0 spiro atoms. The first-order chi connectivity index (χ1) is 19.2. The molecule has 2 aliphatic heterocycles. The minimum atomic E-state index is 0. The molecule has 0 N–H and O–H groups in total. The van der Waals surface area contributed by atoms with E-state index < -0.39 is 0 Å². The SMILES string of the molecule is Cl.O=C(c1ccc(-c2ccc3nnn(Cc4ccc5ncccc5c4)c3n2)cc1)N1CCC[C@H]1CN1CCCC1. The van der Waals surface area contributed by atoms with Gasteiger partial charge < -0.3 is 9.80 Å². The minimum absolute atomic E-state index is 0. The average Bonchev–Trinajstić information content (AvgIpc) is 3.75. The van der Waals surface area contributed by atoms with E-state index >= 15 is 0 Å². The summed E-state index contributed by atoms with van der Waals surface area (Å²) in [5.41, 5.74) is 6.12. The number of benzene rings is 2. The number of carbonyl (C=O) groups excluding carboxylic acids is 1. The molecule has 0 bridgehead atoms. The lowest BCUT2D eigenvalue weighted by atomic mass is 10.1. The summed E-state index contributed by atoms with van der Waals surface area (Å²) in [4.78, 5) is 27.3. The van der Waals surface area contributed by atoms with Crippen molar-refractivity contribution in [2.24, 2.45) is 0 Å². The molecule has 5 heterocycles. The number of hydrogen-bond donors (Lipinski definition) is 0. The van der Waals surface area contributed by atoms with E-state index in [9.17, 15) is 4.79 Å². The lowest BCUT2D eigenvalue weighted by molar-refractivity contribution is 0.0709. The normalized spacial score (nSPS) is 17.5. The van der Waals surface area contributed by atoms with Gasteiger partial charge in [-0.25, -0.2) is 9.67 Å². The van der Waals surface area contributed by atoms with Gasteiger partial charge in [0.2, 0.25) is 0 Å². The molecule has 0 radical (unpaired) electrons. The molecule has 3 aromatic heterocycles. The summed E-state index contributed by atoms with van der Waals surface area (Å²) < 4.78 is 1.84. The van der Waals surface area contributed by atoms with E-state index in [1.807, 2.05) is 53.2 Å². The van der Waals surface area contributed by atoms with Crippen LogP contribution in [0.1, 0.15) is 41.6 Å². The van der Waals surface area contributed by atoms with Gasteiger partial charge in [0.1, 0.15) is 5.52 Å². The molecule has 1 amide bonds. The summed E-state index contributed by atoms with van der Waals surface area (Å²) >= 11 is 0. The van der Waals surface area contributed by atoms with E-state index in [1.165, 1.54) is 25.9 Å². The third kappa shape index (κ3) is 5.17. The third-order valence-electron chi connectivity index (χ3n) is 8.09. The Morgan fingerprint density at radius 3 is 2.58 bits per heavy atom. The predicted molar refractivity (Wildman–Crippen MR) is 159 cm³/mol. The minimum Gasteiger partial charge on any atom is -0.334 e. The van der Waals surface area contributed by atoms with Crippen LogP contribution in [0.4, 0.5) is 0 Å². The summed E-state index contributed by atoms with van der Waals surface area (Å²) in [6, 6.07) is 22.4. The Morgan fingerprint density at radius 2 is 1.73 bits per heavy atom. The summed E-state index contributed by atoms with van der Waals surface area (Å²) in [7, 11) is 0. The molecule has 5 aromatic rings. The fraction of sp³-hybridized carbons (Fsp3) is 0.323. The topological polar surface area (TPSA) is 80.0 Å². The number of rotatable bonds is 6. The molecule has 9 heteroatoms. The molecule has 2 aliphatic rings. The molecule has 204 valence electrons. The Bertz CT molecular complexity index is 1650. The van der Waals surface area contributed by atoms with Crippen molar-refractivity contribution in [1.29, 1.82) is 0 Å². The van der Waals surface area contributed by atoms with Gasteiger partial charge in [0.25, 0.3) is 5.91 Å². The number of pyridine rings is 2. The molecule has 0 saturated carbocycles. The Labute approximate surface area is 239 Å². The van der Waals surface area contributed by atoms with Crippen LogP contribution < -0.4 is 0 Å². The number of aromatic nitrogens is 5. The molecular weight excluding hydrogens is 522 g/mol. The van der Waals surface area contributed by atoms with Crippen molar-refractivity contribution < 1.29 is 4.79 Å². The van der Waals surface area contributed by atoms with Gasteiger partial charge in [-0.2, -0.15) is 0 Å². The number of likely N-dealkylation sites (tertiary alicyclic amines) is 2. The lowest BCUT2D eigenvalue weighted by Gasteiger charge is -2.28. The molecule has 2 aromatic carbocycles.